The summed E-state index contributed by atoms with van der Waals surface area (Å²) in [4.78, 5) is 21.7. The smallest absolute Gasteiger partial charge is 0.322 e. The van der Waals surface area contributed by atoms with Gasteiger partial charge >= 0.3 is 11.9 Å². The maximum absolute atomic E-state index is 11.4. The van der Waals surface area contributed by atoms with Crippen LogP contribution >= 0.6 is 0 Å². The second-order valence-electron chi connectivity index (χ2n) is 5.32. The summed E-state index contributed by atoms with van der Waals surface area (Å²) in [7, 11) is 0. The summed E-state index contributed by atoms with van der Waals surface area (Å²) in [5.74, 6) is -1.34. The highest BCUT2D eigenvalue weighted by molar-refractivity contribution is 5.73. The molecule has 0 aliphatic carbocycles. The van der Waals surface area contributed by atoms with Crippen molar-refractivity contribution >= 4 is 11.9 Å². The fourth-order valence-corrected chi connectivity index (χ4v) is 1.21. The SMILES string of the molecule is CC(C)(C)OC(=O)CCCOCCOC[C@H](N)C(=O)O. The zero-order valence-electron chi connectivity index (χ0n) is 12.4. The molecule has 0 heterocycles. The van der Waals surface area contributed by atoms with E-state index in [1.165, 1.54) is 0 Å². The van der Waals surface area contributed by atoms with Gasteiger partial charge in [-0.15, -0.1) is 0 Å². The van der Waals surface area contributed by atoms with E-state index in [2.05, 4.69) is 0 Å². The molecule has 118 valence electrons. The van der Waals surface area contributed by atoms with Gasteiger partial charge in [-0.1, -0.05) is 0 Å². The van der Waals surface area contributed by atoms with Crippen LogP contribution in [-0.2, 0) is 23.8 Å². The van der Waals surface area contributed by atoms with Gasteiger partial charge in [0.1, 0.15) is 11.6 Å². The van der Waals surface area contributed by atoms with Gasteiger partial charge in [0.05, 0.1) is 19.8 Å². The van der Waals surface area contributed by atoms with E-state index in [9.17, 15) is 9.59 Å². The average Bonchev–Trinajstić information content (AvgIpc) is 2.29. The minimum absolute atomic E-state index is 0.0450. The van der Waals surface area contributed by atoms with Gasteiger partial charge < -0.3 is 25.1 Å². The lowest BCUT2D eigenvalue weighted by atomic mass is 10.2. The van der Waals surface area contributed by atoms with Crippen LogP contribution in [0.2, 0.25) is 0 Å². The normalized spacial score (nSPS) is 13.0. The van der Waals surface area contributed by atoms with Crippen LogP contribution < -0.4 is 5.73 Å². The monoisotopic (exact) mass is 291 g/mol. The molecule has 0 spiro atoms. The first-order chi connectivity index (χ1) is 9.22. The predicted molar refractivity (Wildman–Crippen MR) is 72.3 cm³/mol. The number of carbonyl (C=O) groups is 2. The molecule has 0 bridgehead atoms. The van der Waals surface area contributed by atoms with Gasteiger partial charge in [0.25, 0.3) is 0 Å². The van der Waals surface area contributed by atoms with Crippen LogP contribution in [0.1, 0.15) is 33.6 Å². The lowest BCUT2D eigenvalue weighted by Gasteiger charge is -2.19. The van der Waals surface area contributed by atoms with Crippen molar-refractivity contribution < 1.29 is 28.9 Å². The highest BCUT2D eigenvalue weighted by Crippen LogP contribution is 2.08. The summed E-state index contributed by atoms with van der Waals surface area (Å²) in [5, 5.41) is 8.51. The molecular weight excluding hydrogens is 266 g/mol. The molecule has 0 radical (unpaired) electrons. The Balaban J connectivity index is 3.37. The van der Waals surface area contributed by atoms with Crippen LogP contribution in [0.25, 0.3) is 0 Å². The first kappa shape index (κ1) is 18.8. The highest BCUT2D eigenvalue weighted by Gasteiger charge is 2.15. The van der Waals surface area contributed by atoms with Crippen LogP contribution in [0, 0.1) is 0 Å². The third-order valence-electron chi connectivity index (χ3n) is 2.08. The molecule has 0 aliphatic heterocycles. The second-order valence-corrected chi connectivity index (χ2v) is 5.32. The van der Waals surface area contributed by atoms with Crippen molar-refractivity contribution in [2.75, 3.05) is 26.4 Å². The van der Waals surface area contributed by atoms with Crippen molar-refractivity contribution in [2.45, 2.75) is 45.3 Å². The first-order valence-corrected chi connectivity index (χ1v) is 6.58. The van der Waals surface area contributed by atoms with Crippen LogP contribution in [0.3, 0.4) is 0 Å². The number of carbonyl (C=O) groups excluding carboxylic acids is 1. The number of ether oxygens (including phenoxy) is 3. The number of hydrogen-bond acceptors (Lipinski definition) is 6. The maximum Gasteiger partial charge on any atom is 0.322 e. The molecule has 7 nitrogen and oxygen atoms in total. The van der Waals surface area contributed by atoms with E-state index >= 15 is 0 Å². The van der Waals surface area contributed by atoms with Gasteiger partial charge in [0, 0.05) is 13.0 Å². The van der Waals surface area contributed by atoms with Crippen molar-refractivity contribution in [2.24, 2.45) is 5.73 Å². The van der Waals surface area contributed by atoms with E-state index in [0.29, 0.717) is 26.1 Å². The molecule has 0 saturated heterocycles. The van der Waals surface area contributed by atoms with E-state index in [-0.39, 0.29) is 19.2 Å². The molecule has 0 aromatic heterocycles. The number of esters is 1. The summed E-state index contributed by atoms with van der Waals surface area (Å²) >= 11 is 0. The van der Waals surface area contributed by atoms with Gasteiger partial charge in [0.2, 0.25) is 0 Å². The summed E-state index contributed by atoms with van der Waals surface area (Å²) in [6, 6.07) is -1.01. The van der Waals surface area contributed by atoms with E-state index < -0.39 is 17.6 Å². The van der Waals surface area contributed by atoms with Crippen LogP contribution in [-0.4, -0.2) is 55.1 Å². The van der Waals surface area contributed by atoms with Gasteiger partial charge in [-0.05, 0) is 27.2 Å². The maximum atomic E-state index is 11.4. The molecular formula is C13H25NO6. The molecule has 20 heavy (non-hydrogen) atoms. The predicted octanol–water partition coefficient (Wildman–Crippen LogP) is 0.553. The molecule has 0 saturated carbocycles. The van der Waals surface area contributed by atoms with E-state index in [1.807, 2.05) is 20.8 Å². The molecule has 0 aliphatic rings. The number of carboxylic acid groups (broad SMARTS) is 1. The Bertz CT molecular complexity index is 300. The van der Waals surface area contributed by atoms with Crippen LogP contribution in [0.5, 0.6) is 0 Å². The zero-order chi connectivity index (χ0) is 15.6. The molecule has 0 aromatic rings. The summed E-state index contributed by atoms with van der Waals surface area (Å²) in [5.41, 5.74) is 4.78. The number of nitrogens with two attached hydrogens (primary N) is 1. The van der Waals surface area contributed by atoms with E-state index in [0.717, 1.165) is 0 Å². The Morgan fingerprint density at radius 1 is 1.15 bits per heavy atom. The minimum Gasteiger partial charge on any atom is -0.480 e. The highest BCUT2D eigenvalue weighted by atomic mass is 16.6. The fourth-order valence-electron chi connectivity index (χ4n) is 1.21. The fraction of sp³-hybridized carbons (Fsp3) is 0.846. The lowest BCUT2D eigenvalue weighted by molar-refractivity contribution is -0.155. The van der Waals surface area contributed by atoms with Gasteiger partial charge in [-0.3, -0.25) is 9.59 Å². The third kappa shape index (κ3) is 11.9. The van der Waals surface area contributed by atoms with E-state index in [4.69, 9.17) is 25.1 Å². The van der Waals surface area contributed by atoms with E-state index in [1.54, 1.807) is 0 Å². The molecule has 0 fully saturated rings. The zero-order valence-corrected chi connectivity index (χ0v) is 12.4. The lowest BCUT2D eigenvalue weighted by Crippen LogP contribution is -2.35. The molecule has 0 amide bonds. The molecule has 1 atom stereocenters. The van der Waals surface area contributed by atoms with Crippen molar-refractivity contribution in [3.05, 3.63) is 0 Å². The quantitative estimate of drug-likeness (QED) is 0.447. The molecule has 0 rings (SSSR count). The molecule has 3 N–H and O–H groups in total. The Kier molecular flexibility index (Phi) is 9.11. The molecule has 7 heteroatoms. The number of hydrogen-bond donors (Lipinski definition) is 2. The Hall–Kier alpha value is -1.18. The van der Waals surface area contributed by atoms with Crippen molar-refractivity contribution in [1.29, 1.82) is 0 Å². The Morgan fingerprint density at radius 3 is 2.30 bits per heavy atom. The van der Waals surface area contributed by atoms with Crippen LogP contribution in [0.15, 0.2) is 0 Å². The number of carboxylic acids is 1. The summed E-state index contributed by atoms with van der Waals surface area (Å²) in [6.45, 7) is 6.44. The summed E-state index contributed by atoms with van der Waals surface area (Å²) < 4.78 is 15.4. The first-order valence-electron chi connectivity index (χ1n) is 6.58. The number of rotatable bonds is 10. The number of aliphatic carboxylic acids is 1. The Morgan fingerprint density at radius 2 is 1.75 bits per heavy atom. The van der Waals surface area contributed by atoms with Gasteiger partial charge in [-0.2, -0.15) is 0 Å². The summed E-state index contributed by atoms with van der Waals surface area (Å²) in [6.07, 6.45) is 0.881. The van der Waals surface area contributed by atoms with Crippen LogP contribution in [0.4, 0.5) is 0 Å². The largest absolute Gasteiger partial charge is 0.480 e. The topological polar surface area (TPSA) is 108 Å². The second kappa shape index (κ2) is 9.68. The minimum atomic E-state index is -1.09. The van der Waals surface area contributed by atoms with Crippen molar-refractivity contribution in [3.8, 4) is 0 Å². The average molecular weight is 291 g/mol. The van der Waals surface area contributed by atoms with Gasteiger partial charge in [-0.25, -0.2) is 0 Å². The van der Waals surface area contributed by atoms with Crippen molar-refractivity contribution in [1.82, 2.24) is 0 Å². The van der Waals surface area contributed by atoms with Gasteiger partial charge in [0.15, 0.2) is 0 Å². The Labute approximate surface area is 119 Å². The standard InChI is InChI=1S/C13H25NO6/c1-13(2,3)20-11(15)5-4-6-18-7-8-19-9-10(14)12(16)17/h10H,4-9,14H2,1-3H3,(H,16,17)/t10-/m0/s1. The molecule has 0 unspecified atom stereocenters. The third-order valence-corrected chi connectivity index (χ3v) is 2.08. The molecule has 0 aromatic carbocycles. The van der Waals surface area contributed by atoms with Crippen molar-refractivity contribution in [3.63, 3.8) is 0 Å².